The standard InChI is InChI=1S/C7H9NO2S2/c8-5-6-1-3-7(4-2-6)12(9,10)11/h1-4H,5,8H2,(H,9,10,11). The minimum absolute atomic E-state index is 0.259. The van der Waals surface area contributed by atoms with E-state index in [0.717, 1.165) is 5.56 Å². The molecule has 1 unspecified atom stereocenters. The van der Waals surface area contributed by atoms with Crippen LogP contribution in [-0.2, 0) is 26.5 Å². The lowest BCUT2D eigenvalue weighted by atomic mass is 10.2. The van der Waals surface area contributed by atoms with Gasteiger partial charge in [0.1, 0.15) is 0 Å². The highest BCUT2D eigenvalue weighted by Crippen LogP contribution is 2.09. The molecule has 12 heavy (non-hydrogen) atoms. The van der Waals surface area contributed by atoms with Gasteiger partial charge in [-0.25, -0.2) is 4.21 Å². The molecule has 0 saturated carbocycles. The third-order valence-electron chi connectivity index (χ3n) is 1.46. The van der Waals surface area contributed by atoms with E-state index < -0.39 is 8.77 Å². The van der Waals surface area contributed by atoms with E-state index in [-0.39, 0.29) is 4.90 Å². The zero-order chi connectivity index (χ0) is 9.19. The minimum Gasteiger partial charge on any atom is -0.326 e. The normalized spacial score (nSPS) is 15.5. The summed E-state index contributed by atoms with van der Waals surface area (Å²) in [5.41, 5.74) is 6.26. The van der Waals surface area contributed by atoms with Crippen molar-refractivity contribution in [2.45, 2.75) is 11.4 Å². The molecule has 0 aromatic heterocycles. The maximum Gasteiger partial charge on any atom is 0.171 e. The van der Waals surface area contributed by atoms with Crippen molar-refractivity contribution in [1.29, 1.82) is 0 Å². The lowest BCUT2D eigenvalue weighted by molar-refractivity contribution is 0.561. The first-order valence-electron chi connectivity index (χ1n) is 3.30. The van der Waals surface area contributed by atoms with E-state index in [1.165, 1.54) is 12.1 Å². The Bertz CT molecular complexity index is 355. The van der Waals surface area contributed by atoms with E-state index in [1.807, 2.05) is 0 Å². The van der Waals surface area contributed by atoms with Crippen molar-refractivity contribution in [1.82, 2.24) is 0 Å². The molecule has 1 aromatic carbocycles. The summed E-state index contributed by atoms with van der Waals surface area (Å²) in [6.07, 6.45) is 0. The largest absolute Gasteiger partial charge is 0.326 e. The Balaban J connectivity index is 3.09. The van der Waals surface area contributed by atoms with E-state index in [4.69, 9.17) is 10.3 Å². The smallest absolute Gasteiger partial charge is 0.171 e. The average molecular weight is 203 g/mol. The molecule has 0 amide bonds. The quantitative estimate of drug-likeness (QED) is 0.743. The van der Waals surface area contributed by atoms with Gasteiger partial charge in [0.2, 0.25) is 0 Å². The van der Waals surface area contributed by atoms with Crippen molar-refractivity contribution in [2.24, 2.45) is 5.73 Å². The average Bonchev–Trinajstić information content (AvgIpc) is 2.03. The van der Waals surface area contributed by atoms with E-state index in [1.54, 1.807) is 12.1 Å². The molecule has 0 aliphatic carbocycles. The fourth-order valence-corrected chi connectivity index (χ4v) is 1.61. The van der Waals surface area contributed by atoms with E-state index in [9.17, 15) is 4.21 Å². The van der Waals surface area contributed by atoms with Crippen LogP contribution in [0.1, 0.15) is 5.56 Å². The van der Waals surface area contributed by atoms with Gasteiger partial charge in [-0.3, -0.25) is 0 Å². The Hall–Kier alpha value is -0.490. The highest BCUT2D eigenvalue weighted by Gasteiger charge is 2.03. The maximum atomic E-state index is 10.9. The Kier molecular flexibility index (Phi) is 2.79. The fourth-order valence-electron chi connectivity index (χ4n) is 0.798. The molecule has 5 heteroatoms. The minimum atomic E-state index is -3.24. The first-order valence-corrected chi connectivity index (χ1v) is 5.74. The molecule has 66 valence electrons. The Morgan fingerprint density at radius 3 is 2.25 bits per heavy atom. The van der Waals surface area contributed by atoms with Crippen LogP contribution in [0.5, 0.6) is 0 Å². The number of nitrogens with two attached hydrogens (primary N) is 1. The van der Waals surface area contributed by atoms with Gasteiger partial charge in [-0.1, -0.05) is 12.1 Å². The highest BCUT2D eigenvalue weighted by atomic mass is 32.8. The van der Waals surface area contributed by atoms with Crippen LogP contribution < -0.4 is 5.73 Å². The van der Waals surface area contributed by atoms with Crippen molar-refractivity contribution in [3.05, 3.63) is 29.8 Å². The molecule has 1 aromatic rings. The van der Waals surface area contributed by atoms with Crippen molar-refractivity contribution in [3.8, 4) is 0 Å². The summed E-state index contributed by atoms with van der Waals surface area (Å²) < 4.78 is 19.9. The van der Waals surface area contributed by atoms with Gasteiger partial charge in [0, 0.05) is 17.7 Å². The molecule has 3 N–H and O–H groups in total. The molecule has 0 aliphatic heterocycles. The third-order valence-corrected chi connectivity index (χ3v) is 2.90. The summed E-state index contributed by atoms with van der Waals surface area (Å²) in [7, 11) is -3.24. The van der Waals surface area contributed by atoms with E-state index in [2.05, 4.69) is 11.2 Å². The zero-order valence-electron chi connectivity index (χ0n) is 6.27. The van der Waals surface area contributed by atoms with Crippen LogP contribution in [0.4, 0.5) is 0 Å². The number of hydrogen-bond donors (Lipinski definition) is 2. The molecule has 0 aliphatic rings. The lowest BCUT2D eigenvalue weighted by Gasteiger charge is -2.00. The van der Waals surface area contributed by atoms with Gasteiger partial charge in [-0.05, 0) is 17.7 Å². The van der Waals surface area contributed by atoms with Crippen molar-refractivity contribution in [2.75, 3.05) is 0 Å². The van der Waals surface area contributed by atoms with Crippen LogP contribution >= 0.6 is 0 Å². The molecular formula is C7H9NO2S2. The third kappa shape index (κ3) is 2.25. The number of hydrogen-bond acceptors (Lipinski definition) is 3. The summed E-state index contributed by atoms with van der Waals surface area (Å²) in [4.78, 5) is 0.259. The van der Waals surface area contributed by atoms with Crippen LogP contribution in [0.2, 0.25) is 0 Å². The molecule has 0 radical (unpaired) electrons. The van der Waals surface area contributed by atoms with Crippen molar-refractivity contribution < 1.29 is 8.76 Å². The fraction of sp³-hybridized carbons (Fsp3) is 0.143. The zero-order valence-corrected chi connectivity index (χ0v) is 7.90. The van der Waals surface area contributed by atoms with Crippen LogP contribution in [-0.4, -0.2) is 8.76 Å². The second kappa shape index (κ2) is 3.49. The summed E-state index contributed by atoms with van der Waals surface area (Å²) in [6, 6.07) is 6.43. The van der Waals surface area contributed by atoms with E-state index >= 15 is 0 Å². The molecule has 1 rings (SSSR count). The number of rotatable bonds is 2. The summed E-state index contributed by atoms with van der Waals surface area (Å²) >= 11 is 4.38. The SMILES string of the molecule is NCc1ccc(S(=O)(O)=S)cc1. The van der Waals surface area contributed by atoms with Gasteiger partial charge in [-0.15, -0.1) is 0 Å². The summed E-state index contributed by atoms with van der Waals surface area (Å²) in [6.45, 7) is 0.421. The van der Waals surface area contributed by atoms with Crippen LogP contribution in [0.15, 0.2) is 29.2 Å². The first kappa shape index (κ1) is 9.60. The van der Waals surface area contributed by atoms with Crippen LogP contribution in [0.3, 0.4) is 0 Å². The molecular weight excluding hydrogens is 194 g/mol. The van der Waals surface area contributed by atoms with Gasteiger partial charge in [0.25, 0.3) is 0 Å². The highest BCUT2D eigenvalue weighted by molar-refractivity contribution is 8.29. The molecule has 3 nitrogen and oxygen atoms in total. The second-order valence-electron chi connectivity index (χ2n) is 2.32. The molecule has 1 atom stereocenters. The van der Waals surface area contributed by atoms with Gasteiger partial charge >= 0.3 is 0 Å². The summed E-state index contributed by atoms with van der Waals surface area (Å²) in [5, 5.41) is 0. The van der Waals surface area contributed by atoms with Crippen molar-refractivity contribution in [3.63, 3.8) is 0 Å². The van der Waals surface area contributed by atoms with Gasteiger partial charge < -0.3 is 10.3 Å². The lowest BCUT2D eigenvalue weighted by Crippen LogP contribution is -1.99. The Morgan fingerprint density at radius 1 is 1.42 bits per heavy atom. The molecule has 0 spiro atoms. The topological polar surface area (TPSA) is 63.3 Å². The molecule has 0 fully saturated rings. The summed E-state index contributed by atoms with van der Waals surface area (Å²) in [5.74, 6) is 0. The first-order chi connectivity index (χ1) is 5.54. The van der Waals surface area contributed by atoms with Crippen LogP contribution in [0.25, 0.3) is 0 Å². The predicted octanol–water partition coefficient (Wildman–Crippen LogP) is 0.724. The van der Waals surface area contributed by atoms with Crippen molar-refractivity contribution >= 4 is 20.0 Å². The van der Waals surface area contributed by atoms with Gasteiger partial charge in [-0.2, -0.15) is 0 Å². The molecule has 0 saturated heterocycles. The Morgan fingerprint density at radius 2 is 1.92 bits per heavy atom. The number of benzene rings is 1. The predicted molar refractivity (Wildman–Crippen MR) is 50.7 cm³/mol. The van der Waals surface area contributed by atoms with E-state index in [0.29, 0.717) is 6.54 Å². The van der Waals surface area contributed by atoms with Gasteiger partial charge in [0.05, 0.1) is 4.90 Å². The second-order valence-corrected chi connectivity index (χ2v) is 5.10. The maximum absolute atomic E-state index is 10.9. The molecule has 0 heterocycles. The monoisotopic (exact) mass is 203 g/mol. The Labute approximate surface area is 76.1 Å². The molecule has 0 bridgehead atoms. The van der Waals surface area contributed by atoms with Crippen LogP contribution in [0, 0.1) is 0 Å². The van der Waals surface area contributed by atoms with Gasteiger partial charge in [0.15, 0.2) is 8.77 Å².